The van der Waals surface area contributed by atoms with E-state index in [0.29, 0.717) is 11.8 Å². The molecule has 0 bridgehead atoms. The van der Waals surface area contributed by atoms with E-state index < -0.39 is 0 Å². The van der Waals surface area contributed by atoms with Crippen LogP contribution in [0.1, 0.15) is 42.7 Å². The second-order valence-electron chi connectivity index (χ2n) is 5.03. The van der Waals surface area contributed by atoms with Gasteiger partial charge in [-0.15, -0.1) is 0 Å². The fourth-order valence-corrected chi connectivity index (χ4v) is 3.46. The Morgan fingerprint density at radius 3 is 2.69 bits per heavy atom. The third-order valence-electron chi connectivity index (χ3n) is 4.20. The Morgan fingerprint density at radius 2 is 1.81 bits per heavy atom. The molecule has 1 N–H and O–H groups in total. The number of hydrogen-bond donors (Lipinski definition) is 1. The van der Waals surface area contributed by atoms with Gasteiger partial charge in [0.05, 0.1) is 6.10 Å². The minimum Gasteiger partial charge on any atom is -0.392 e. The van der Waals surface area contributed by atoms with Crippen LogP contribution in [-0.4, -0.2) is 11.2 Å². The van der Waals surface area contributed by atoms with E-state index in [9.17, 15) is 5.11 Å². The van der Waals surface area contributed by atoms with Crippen molar-refractivity contribution in [1.29, 1.82) is 0 Å². The molecule has 1 saturated carbocycles. The molecule has 2 aliphatic carbocycles. The van der Waals surface area contributed by atoms with Crippen molar-refractivity contribution in [1.82, 2.24) is 0 Å². The van der Waals surface area contributed by atoms with Crippen LogP contribution < -0.4 is 0 Å². The molecule has 0 heterocycles. The molecule has 2 aliphatic rings. The van der Waals surface area contributed by atoms with Gasteiger partial charge < -0.3 is 5.11 Å². The average molecular weight is 254 g/mol. The summed E-state index contributed by atoms with van der Waals surface area (Å²) in [5, 5.41) is 10.2. The van der Waals surface area contributed by atoms with E-state index in [-0.39, 0.29) is 23.5 Å². The van der Waals surface area contributed by atoms with Gasteiger partial charge in [0.15, 0.2) is 0 Å². The first-order chi connectivity index (χ1) is 7.36. The minimum absolute atomic E-state index is 0. The number of aliphatic hydroxyl groups excluding tert-OH is 1. The summed E-state index contributed by atoms with van der Waals surface area (Å²) in [5.41, 5.74) is 2.90. The smallest absolute Gasteiger partial charge is 0.0614 e. The van der Waals surface area contributed by atoms with Crippen LogP contribution in [0.25, 0.3) is 0 Å². The van der Waals surface area contributed by atoms with Crippen molar-refractivity contribution < 1.29 is 22.5 Å². The van der Waals surface area contributed by atoms with E-state index in [4.69, 9.17) is 0 Å². The van der Waals surface area contributed by atoms with Gasteiger partial charge in [-0.05, 0) is 42.2 Å². The quantitative estimate of drug-likeness (QED) is 0.754. The number of benzene rings is 1. The molecule has 0 spiro atoms. The first kappa shape index (κ1) is 12.2. The summed E-state index contributed by atoms with van der Waals surface area (Å²) < 4.78 is 0. The van der Waals surface area contributed by atoms with Crippen molar-refractivity contribution in [2.75, 3.05) is 0 Å². The largest absolute Gasteiger partial charge is 0.392 e. The summed E-state index contributed by atoms with van der Waals surface area (Å²) >= 11 is 0. The van der Waals surface area contributed by atoms with Crippen LogP contribution in [0.2, 0.25) is 0 Å². The van der Waals surface area contributed by atoms with Gasteiger partial charge in [0.2, 0.25) is 0 Å². The summed E-state index contributed by atoms with van der Waals surface area (Å²) in [6, 6.07) is 8.69. The molecule has 1 aromatic carbocycles. The standard InChI is InChI=1S/C14H18O.Cr/c15-14-9-10-5-1-2-6-11(10)12-7-3-4-8-13(12)14;/h1-2,5-6,12-15H,3-4,7-9H2;. The molecule has 1 nitrogen and oxygen atoms in total. The Morgan fingerprint density at radius 1 is 1.06 bits per heavy atom. The molecule has 86 valence electrons. The van der Waals surface area contributed by atoms with Gasteiger partial charge >= 0.3 is 0 Å². The molecule has 1 aromatic rings. The van der Waals surface area contributed by atoms with Crippen LogP contribution in [0.5, 0.6) is 0 Å². The maximum absolute atomic E-state index is 10.2. The van der Waals surface area contributed by atoms with Crippen molar-refractivity contribution in [3.63, 3.8) is 0 Å². The predicted octanol–water partition coefficient (Wildman–Crippen LogP) is 2.87. The van der Waals surface area contributed by atoms with E-state index in [1.54, 1.807) is 0 Å². The van der Waals surface area contributed by atoms with Crippen molar-refractivity contribution in [3.05, 3.63) is 35.4 Å². The molecule has 2 heteroatoms. The topological polar surface area (TPSA) is 20.2 Å². The predicted molar refractivity (Wildman–Crippen MR) is 60.9 cm³/mol. The first-order valence-electron chi connectivity index (χ1n) is 6.12. The molecule has 0 aliphatic heterocycles. The van der Waals surface area contributed by atoms with Gasteiger partial charge in [-0.1, -0.05) is 37.1 Å². The average Bonchev–Trinajstić information content (AvgIpc) is 2.30. The van der Waals surface area contributed by atoms with E-state index in [1.165, 1.54) is 36.8 Å². The van der Waals surface area contributed by atoms with Crippen molar-refractivity contribution in [2.45, 2.75) is 44.1 Å². The zero-order valence-corrected chi connectivity index (χ0v) is 10.7. The molecular weight excluding hydrogens is 236 g/mol. The molecule has 0 aromatic heterocycles. The molecule has 0 radical (unpaired) electrons. The SMILES string of the molecule is OC1Cc2ccccc2C2CCCCC12.[Cr]. The summed E-state index contributed by atoms with van der Waals surface area (Å²) in [4.78, 5) is 0. The van der Waals surface area contributed by atoms with Crippen LogP contribution in [0, 0.1) is 5.92 Å². The van der Waals surface area contributed by atoms with Crippen LogP contribution in [0.15, 0.2) is 24.3 Å². The normalized spacial score (nSPS) is 32.2. The second kappa shape index (κ2) is 4.92. The van der Waals surface area contributed by atoms with Crippen molar-refractivity contribution in [3.8, 4) is 0 Å². The summed E-state index contributed by atoms with van der Waals surface area (Å²) in [6.07, 6.45) is 5.92. The Labute approximate surface area is 108 Å². The Bertz CT molecular complexity index is 364. The summed E-state index contributed by atoms with van der Waals surface area (Å²) in [5.74, 6) is 1.17. The summed E-state index contributed by atoms with van der Waals surface area (Å²) in [6.45, 7) is 0. The monoisotopic (exact) mass is 254 g/mol. The molecule has 0 saturated heterocycles. The van der Waals surface area contributed by atoms with Crippen LogP contribution in [0.4, 0.5) is 0 Å². The van der Waals surface area contributed by atoms with Gasteiger partial charge in [0, 0.05) is 17.4 Å². The summed E-state index contributed by atoms with van der Waals surface area (Å²) in [7, 11) is 0. The zero-order chi connectivity index (χ0) is 10.3. The maximum atomic E-state index is 10.2. The first-order valence-corrected chi connectivity index (χ1v) is 6.12. The van der Waals surface area contributed by atoms with Gasteiger partial charge in [0.25, 0.3) is 0 Å². The van der Waals surface area contributed by atoms with E-state index in [1.807, 2.05) is 0 Å². The van der Waals surface area contributed by atoms with Gasteiger partial charge in [-0.3, -0.25) is 0 Å². The van der Waals surface area contributed by atoms with Crippen molar-refractivity contribution in [2.24, 2.45) is 5.92 Å². The molecule has 16 heavy (non-hydrogen) atoms. The zero-order valence-electron chi connectivity index (χ0n) is 9.43. The number of aliphatic hydroxyl groups is 1. The van der Waals surface area contributed by atoms with E-state index >= 15 is 0 Å². The van der Waals surface area contributed by atoms with Crippen molar-refractivity contribution >= 4 is 0 Å². The third kappa shape index (κ3) is 1.95. The Hall–Kier alpha value is -0.288. The molecule has 3 unspecified atom stereocenters. The van der Waals surface area contributed by atoms with E-state index in [2.05, 4.69) is 24.3 Å². The van der Waals surface area contributed by atoms with Gasteiger partial charge in [0.1, 0.15) is 0 Å². The maximum Gasteiger partial charge on any atom is 0.0614 e. The van der Waals surface area contributed by atoms with Gasteiger partial charge in [-0.25, -0.2) is 0 Å². The van der Waals surface area contributed by atoms with Gasteiger partial charge in [-0.2, -0.15) is 0 Å². The molecule has 3 rings (SSSR count). The number of fused-ring (bicyclic) bond motifs is 3. The van der Waals surface area contributed by atoms with Crippen LogP contribution in [0.3, 0.4) is 0 Å². The minimum atomic E-state index is -0.0924. The third-order valence-corrected chi connectivity index (χ3v) is 4.20. The number of hydrogen-bond acceptors (Lipinski definition) is 1. The number of rotatable bonds is 0. The van der Waals surface area contributed by atoms with E-state index in [0.717, 1.165) is 6.42 Å². The molecule has 1 fully saturated rings. The molecule has 0 amide bonds. The second-order valence-corrected chi connectivity index (χ2v) is 5.03. The molecular formula is C14H18CrO. The fourth-order valence-electron chi connectivity index (χ4n) is 3.46. The van der Waals surface area contributed by atoms with Crippen LogP contribution in [-0.2, 0) is 23.8 Å². The Balaban J connectivity index is 0.000000963. The molecule has 3 atom stereocenters. The Kier molecular flexibility index (Phi) is 3.74. The fraction of sp³-hybridized carbons (Fsp3) is 0.571. The van der Waals surface area contributed by atoms with Crippen LogP contribution >= 0.6 is 0 Å².